The third kappa shape index (κ3) is 7.64. The Morgan fingerprint density at radius 1 is 0.532 bits per heavy atom. The maximum absolute atomic E-state index is 15.2. The molecule has 0 amide bonds. The van der Waals surface area contributed by atoms with Gasteiger partial charge in [-0.15, -0.1) is 0 Å². The van der Waals surface area contributed by atoms with Gasteiger partial charge in [-0.3, -0.25) is 0 Å². The Bertz CT molecular complexity index is 1840. The van der Waals surface area contributed by atoms with E-state index in [1.54, 1.807) is 6.07 Å². The van der Waals surface area contributed by atoms with Crippen LogP contribution in [0.1, 0.15) is 42.9 Å². The van der Waals surface area contributed by atoms with Crippen LogP contribution in [0, 0.1) is 23.3 Å². The third-order valence-electron chi connectivity index (χ3n) is 7.68. The van der Waals surface area contributed by atoms with Gasteiger partial charge in [0.1, 0.15) is 34.6 Å². The first kappa shape index (κ1) is 33.6. The van der Waals surface area contributed by atoms with Crippen molar-refractivity contribution in [3.05, 3.63) is 137 Å². The highest BCUT2D eigenvalue weighted by molar-refractivity contribution is 5.72. The van der Waals surface area contributed by atoms with E-state index >= 15 is 22.0 Å². The fourth-order valence-corrected chi connectivity index (χ4v) is 5.21. The van der Waals surface area contributed by atoms with E-state index in [4.69, 9.17) is 0 Å². The molecule has 0 aliphatic heterocycles. The molecule has 0 aliphatic carbocycles. The number of ether oxygens (including phenoxy) is 1. The topological polar surface area (TPSA) is 9.23 Å². The molecule has 5 aromatic carbocycles. The van der Waals surface area contributed by atoms with Crippen LogP contribution in [0.3, 0.4) is 0 Å². The highest BCUT2D eigenvalue weighted by Crippen LogP contribution is 2.39. The van der Waals surface area contributed by atoms with Crippen LogP contribution in [0.15, 0.2) is 97.1 Å². The summed E-state index contributed by atoms with van der Waals surface area (Å²) in [7, 11) is 0. The van der Waals surface area contributed by atoms with E-state index in [1.165, 1.54) is 12.1 Å². The smallest absolute Gasteiger partial charge is 0.429 e. The molecule has 244 valence electrons. The van der Waals surface area contributed by atoms with Crippen LogP contribution >= 0.6 is 0 Å². The summed E-state index contributed by atoms with van der Waals surface area (Å²) in [5.74, 6) is -6.21. The van der Waals surface area contributed by atoms with Gasteiger partial charge < -0.3 is 4.74 Å². The second-order valence-corrected chi connectivity index (χ2v) is 11.0. The summed E-state index contributed by atoms with van der Waals surface area (Å²) >= 11 is 0. The van der Waals surface area contributed by atoms with Crippen molar-refractivity contribution in [1.82, 2.24) is 0 Å². The largest absolute Gasteiger partial charge is 0.432 e. The first-order chi connectivity index (χ1) is 22.3. The van der Waals surface area contributed by atoms with Gasteiger partial charge >= 0.3 is 12.3 Å². The van der Waals surface area contributed by atoms with Gasteiger partial charge in [-0.2, -0.15) is 22.0 Å². The Hall–Kier alpha value is -4.73. The van der Waals surface area contributed by atoms with Crippen molar-refractivity contribution < 1.29 is 44.3 Å². The third-order valence-corrected chi connectivity index (χ3v) is 7.68. The zero-order valence-corrected chi connectivity index (χ0v) is 24.9. The molecule has 5 aromatic rings. The number of halogens is 9. The minimum Gasteiger partial charge on any atom is -0.429 e. The van der Waals surface area contributed by atoms with Crippen LogP contribution in [-0.4, -0.2) is 0 Å². The van der Waals surface area contributed by atoms with Crippen LogP contribution in [0.2, 0.25) is 0 Å². The molecule has 0 fully saturated rings. The number of rotatable bonds is 10. The van der Waals surface area contributed by atoms with Crippen molar-refractivity contribution in [3.8, 4) is 39.1 Å². The second kappa shape index (κ2) is 13.6. The van der Waals surface area contributed by atoms with Gasteiger partial charge in [0.2, 0.25) is 0 Å². The molecule has 5 rings (SSSR count). The van der Waals surface area contributed by atoms with Gasteiger partial charge in [-0.25, -0.2) is 17.6 Å². The summed E-state index contributed by atoms with van der Waals surface area (Å²) in [5.41, 5.74) is -1.10. The van der Waals surface area contributed by atoms with E-state index in [0.29, 0.717) is 23.8 Å². The van der Waals surface area contributed by atoms with E-state index in [1.807, 2.05) is 24.3 Å². The lowest BCUT2D eigenvalue weighted by atomic mass is 9.97. The zero-order valence-electron chi connectivity index (χ0n) is 24.9. The quantitative estimate of drug-likeness (QED) is 0.107. The molecule has 0 saturated heterocycles. The summed E-state index contributed by atoms with van der Waals surface area (Å²) < 4.78 is 133. The van der Waals surface area contributed by atoms with E-state index in [9.17, 15) is 17.6 Å². The molecule has 1 nitrogen and oxygen atoms in total. The monoisotopic (exact) mass is 658 g/mol. The Balaban J connectivity index is 1.34. The predicted octanol–water partition coefficient (Wildman–Crippen LogP) is 12.1. The number of hydrogen-bond donors (Lipinski definition) is 0. The Kier molecular flexibility index (Phi) is 9.70. The molecule has 0 aliphatic rings. The van der Waals surface area contributed by atoms with Gasteiger partial charge in [-0.05, 0) is 83.1 Å². The van der Waals surface area contributed by atoms with Crippen molar-refractivity contribution in [2.75, 3.05) is 0 Å². The van der Waals surface area contributed by atoms with Crippen LogP contribution < -0.4 is 4.74 Å². The zero-order chi connectivity index (χ0) is 33.9. The predicted molar refractivity (Wildman–Crippen MR) is 162 cm³/mol. The van der Waals surface area contributed by atoms with E-state index in [-0.39, 0.29) is 22.3 Å². The van der Waals surface area contributed by atoms with Gasteiger partial charge in [-0.1, -0.05) is 68.3 Å². The van der Waals surface area contributed by atoms with Crippen LogP contribution in [0.4, 0.5) is 39.5 Å². The highest BCUT2D eigenvalue weighted by Gasteiger charge is 2.41. The molecule has 10 heteroatoms. The van der Waals surface area contributed by atoms with Gasteiger partial charge in [0.25, 0.3) is 0 Å². The van der Waals surface area contributed by atoms with Gasteiger partial charge in [0, 0.05) is 17.2 Å². The number of benzene rings is 5. The standard InChI is InChI=1S/C37H27F9O/c1-2-3-4-5-22-6-8-23(9-7-22)25-12-16-30(31(38)18-25)26-19-33(40)35(34(41)20-26)37(45,46)47-28-15-17-29(32(39)21-28)24-10-13-27(14-11-24)36(42,43)44/h6-21H,2-5H2,1H3. The van der Waals surface area contributed by atoms with Crippen LogP contribution in [0.5, 0.6) is 5.75 Å². The van der Waals surface area contributed by atoms with E-state index in [2.05, 4.69) is 11.7 Å². The summed E-state index contributed by atoms with van der Waals surface area (Å²) in [4.78, 5) is 0. The molecule has 0 N–H and O–H groups in total. The number of unbranched alkanes of at least 4 members (excludes halogenated alkanes) is 2. The summed E-state index contributed by atoms with van der Waals surface area (Å²) in [6, 6.07) is 18.6. The minimum absolute atomic E-state index is 0.0254. The summed E-state index contributed by atoms with van der Waals surface area (Å²) in [6.07, 6.45) is -5.03. The van der Waals surface area contributed by atoms with Crippen molar-refractivity contribution in [1.29, 1.82) is 0 Å². The Morgan fingerprint density at radius 2 is 1.06 bits per heavy atom. The number of aryl methyl sites for hydroxylation is 1. The Labute approximate surface area is 265 Å². The molecular formula is C37H27F9O. The fraction of sp³-hybridized carbons (Fsp3) is 0.189. The minimum atomic E-state index is -4.62. The van der Waals surface area contributed by atoms with Crippen molar-refractivity contribution in [3.63, 3.8) is 0 Å². The molecular weight excluding hydrogens is 631 g/mol. The van der Waals surface area contributed by atoms with Crippen molar-refractivity contribution >= 4 is 0 Å². The molecule has 0 unspecified atom stereocenters. The molecule has 0 aromatic heterocycles. The normalized spacial score (nSPS) is 12.0. The van der Waals surface area contributed by atoms with Gasteiger partial charge in [0.15, 0.2) is 0 Å². The summed E-state index contributed by atoms with van der Waals surface area (Å²) in [6.45, 7) is 2.12. The van der Waals surface area contributed by atoms with E-state index < -0.39 is 52.4 Å². The van der Waals surface area contributed by atoms with E-state index in [0.717, 1.165) is 73.2 Å². The molecule has 0 bridgehead atoms. The average Bonchev–Trinajstić information content (AvgIpc) is 3.00. The maximum Gasteiger partial charge on any atom is 0.432 e. The van der Waals surface area contributed by atoms with Crippen molar-refractivity contribution in [2.24, 2.45) is 0 Å². The average molecular weight is 659 g/mol. The number of hydrogen-bond acceptors (Lipinski definition) is 1. The lowest BCUT2D eigenvalue weighted by molar-refractivity contribution is -0.189. The molecule has 0 heterocycles. The molecule has 47 heavy (non-hydrogen) atoms. The fourth-order valence-electron chi connectivity index (χ4n) is 5.21. The first-order valence-electron chi connectivity index (χ1n) is 14.7. The highest BCUT2D eigenvalue weighted by atomic mass is 19.4. The SMILES string of the molecule is CCCCCc1ccc(-c2ccc(-c3cc(F)c(C(F)(F)Oc4ccc(-c5ccc(C(F)(F)F)cc5)c(F)c4)c(F)c3)c(F)c2)cc1. The lowest BCUT2D eigenvalue weighted by Crippen LogP contribution is -2.25. The number of alkyl halides is 5. The molecule has 0 atom stereocenters. The lowest BCUT2D eigenvalue weighted by Gasteiger charge is -2.20. The van der Waals surface area contributed by atoms with Crippen LogP contribution in [0.25, 0.3) is 33.4 Å². The summed E-state index contributed by atoms with van der Waals surface area (Å²) in [5, 5.41) is 0. The molecule has 0 saturated carbocycles. The Morgan fingerprint density at radius 3 is 1.64 bits per heavy atom. The van der Waals surface area contributed by atoms with Crippen molar-refractivity contribution in [2.45, 2.75) is 44.9 Å². The second-order valence-electron chi connectivity index (χ2n) is 11.0. The molecule has 0 radical (unpaired) electrons. The van der Waals surface area contributed by atoms with Gasteiger partial charge in [0.05, 0.1) is 5.56 Å². The first-order valence-corrected chi connectivity index (χ1v) is 14.7. The van der Waals surface area contributed by atoms with Crippen LogP contribution in [-0.2, 0) is 18.7 Å². The molecule has 0 spiro atoms. The maximum atomic E-state index is 15.2.